The van der Waals surface area contributed by atoms with E-state index in [2.05, 4.69) is 10.6 Å². The first-order valence-corrected chi connectivity index (χ1v) is 8.59. The van der Waals surface area contributed by atoms with Crippen LogP contribution in [-0.2, 0) is 4.79 Å². The predicted molar refractivity (Wildman–Crippen MR) is 98.2 cm³/mol. The molecule has 6 heteroatoms. The number of carbonyl (C=O) groups is 1. The zero-order chi connectivity index (χ0) is 16.7. The van der Waals surface area contributed by atoms with Crippen LogP contribution in [0.2, 0.25) is 0 Å². The highest BCUT2D eigenvalue weighted by atomic mass is 35.5. The lowest BCUT2D eigenvalue weighted by atomic mass is 10.0. The molecule has 1 aliphatic heterocycles. The highest BCUT2D eigenvalue weighted by Gasteiger charge is 2.22. The summed E-state index contributed by atoms with van der Waals surface area (Å²) in [7, 11) is 0. The van der Waals surface area contributed by atoms with E-state index in [1.807, 2.05) is 39.0 Å². The topological polar surface area (TPSA) is 59.6 Å². The van der Waals surface area contributed by atoms with E-state index in [0.29, 0.717) is 13.2 Å². The summed E-state index contributed by atoms with van der Waals surface area (Å²) in [6.07, 6.45) is 3.17. The highest BCUT2D eigenvalue weighted by Crippen LogP contribution is 2.30. The molecule has 1 aromatic rings. The van der Waals surface area contributed by atoms with Gasteiger partial charge in [-0.05, 0) is 57.9 Å². The van der Waals surface area contributed by atoms with Gasteiger partial charge in [-0.2, -0.15) is 0 Å². The second kappa shape index (κ2) is 10.4. The molecule has 2 rings (SSSR count). The Labute approximate surface area is 150 Å². The molecule has 136 valence electrons. The molecule has 1 fully saturated rings. The maximum Gasteiger partial charge on any atom is 0.237 e. The minimum Gasteiger partial charge on any atom is -0.490 e. The summed E-state index contributed by atoms with van der Waals surface area (Å²) in [5, 5.41) is 6.37. The Morgan fingerprint density at radius 1 is 1.25 bits per heavy atom. The van der Waals surface area contributed by atoms with Crippen molar-refractivity contribution in [1.82, 2.24) is 10.6 Å². The van der Waals surface area contributed by atoms with Crippen molar-refractivity contribution in [3.63, 3.8) is 0 Å². The zero-order valence-electron chi connectivity index (χ0n) is 14.8. The number of piperidine rings is 1. The molecule has 24 heavy (non-hydrogen) atoms. The third kappa shape index (κ3) is 5.56. The second-order valence-corrected chi connectivity index (χ2v) is 5.80. The molecule has 1 aliphatic rings. The number of amides is 1. The van der Waals surface area contributed by atoms with E-state index in [-0.39, 0.29) is 30.4 Å². The van der Waals surface area contributed by atoms with E-state index in [9.17, 15) is 4.79 Å². The fourth-order valence-corrected chi connectivity index (χ4v) is 2.81. The van der Waals surface area contributed by atoms with Crippen LogP contribution in [-0.4, -0.2) is 31.7 Å². The van der Waals surface area contributed by atoms with Gasteiger partial charge in [-0.3, -0.25) is 4.79 Å². The van der Waals surface area contributed by atoms with E-state index in [1.165, 1.54) is 0 Å². The molecule has 0 bridgehead atoms. The number of carbonyl (C=O) groups excluding carboxylic acids is 1. The van der Waals surface area contributed by atoms with E-state index in [4.69, 9.17) is 9.47 Å². The fraction of sp³-hybridized carbons (Fsp3) is 0.611. The smallest absolute Gasteiger partial charge is 0.237 e. The summed E-state index contributed by atoms with van der Waals surface area (Å²) in [4.78, 5) is 12.3. The van der Waals surface area contributed by atoms with Gasteiger partial charge in [0, 0.05) is 0 Å². The Morgan fingerprint density at radius 2 is 1.96 bits per heavy atom. The van der Waals surface area contributed by atoms with Crippen LogP contribution in [0.15, 0.2) is 18.2 Å². The third-order valence-corrected chi connectivity index (χ3v) is 4.05. The van der Waals surface area contributed by atoms with Crippen molar-refractivity contribution in [2.75, 3.05) is 19.8 Å². The molecule has 0 aliphatic carbocycles. The maximum absolute atomic E-state index is 12.3. The van der Waals surface area contributed by atoms with Crippen LogP contribution in [0.25, 0.3) is 0 Å². The van der Waals surface area contributed by atoms with Crippen molar-refractivity contribution in [2.24, 2.45) is 0 Å². The number of halogens is 1. The standard InChI is InChI=1S/C18H28N2O3.ClH/c1-4-22-16-10-9-14(12-17(16)23-5-2)13(3)20-18(21)15-8-6-7-11-19-15;/h9-10,12-13,15,19H,4-8,11H2,1-3H3,(H,20,21);1H. The van der Waals surface area contributed by atoms with Crippen LogP contribution < -0.4 is 20.1 Å². The normalized spacial score (nSPS) is 18.2. The summed E-state index contributed by atoms with van der Waals surface area (Å²) in [6, 6.07) is 5.70. The van der Waals surface area contributed by atoms with Crippen LogP contribution in [0.1, 0.15) is 51.6 Å². The van der Waals surface area contributed by atoms with Gasteiger partial charge < -0.3 is 20.1 Å². The Morgan fingerprint density at radius 3 is 2.58 bits per heavy atom. The van der Waals surface area contributed by atoms with Crippen molar-refractivity contribution in [3.05, 3.63) is 23.8 Å². The molecule has 2 N–H and O–H groups in total. The van der Waals surface area contributed by atoms with Crippen molar-refractivity contribution < 1.29 is 14.3 Å². The Hall–Kier alpha value is -1.46. The summed E-state index contributed by atoms with van der Waals surface area (Å²) >= 11 is 0. The number of ether oxygens (including phenoxy) is 2. The van der Waals surface area contributed by atoms with Crippen LogP contribution in [0.3, 0.4) is 0 Å². The summed E-state index contributed by atoms with van der Waals surface area (Å²) < 4.78 is 11.2. The first-order chi connectivity index (χ1) is 11.2. The molecule has 2 atom stereocenters. The summed E-state index contributed by atoms with van der Waals surface area (Å²) in [5.74, 6) is 1.54. The van der Waals surface area contributed by atoms with Crippen LogP contribution in [0.5, 0.6) is 11.5 Å². The molecular formula is C18H29ClN2O3. The summed E-state index contributed by atoms with van der Waals surface area (Å²) in [6.45, 7) is 7.98. The number of hydrogen-bond donors (Lipinski definition) is 2. The van der Waals surface area contributed by atoms with E-state index in [0.717, 1.165) is 42.9 Å². The van der Waals surface area contributed by atoms with Gasteiger partial charge in [-0.15, -0.1) is 12.4 Å². The highest BCUT2D eigenvalue weighted by molar-refractivity contribution is 5.85. The van der Waals surface area contributed by atoms with Gasteiger partial charge in [0.2, 0.25) is 5.91 Å². The van der Waals surface area contributed by atoms with Gasteiger partial charge in [-0.25, -0.2) is 0 Å². The molecule has 1 aromatic carbocycles. The molecule has 2 unspecified atom stereocenters. The lowest BCUT2D eigenvalue weighted by Crippen LogP contribution is -2.47. The molecule has 0 radical (unpaired) electrons. The van der Waals surface area contributed by atoms with E-state index >= 15 is 0 Å². The fourth-order valence-electron chi connectivity index (χ4n) is 2.81. The van der Waals surface area contributed by atoms with Gasteiger partial charge in [0.05, 0.1) is 25.3 Å². The number of hydrogen-bond acceptors (Lipinski definition) is 4. The lowest BCUT2D eigenvalue weighted by Gasteiger charge is -2.25. The molecular weight excluding hydrogens is 328 g/mol. The van der Waals surface area contributed by atoms with Crippen molar-refractivity contribution >= 4 is 18.3 Å². The number of benzene rings is 1. The van der Waals surface area contributed by atoms with Crippen LogP contribution in [0, 0.1) is 0 Å². The van der Waals surface area contributed by atoms with Crippen LogP contribution >= 0.6 is 12.4 Å². The first-order valence-electron chi connectivity index (χ1n) is 8.59. The van der Waals surface area contributed by atoms with Gasteiger partial charge in [0.1, 0.15) is 0 Å². The molecule has 5 nitrogen and oxygen atoms in total. The van der Waals surface area contributed by atoms with E-state index in [1.54, 1.807) is 0 Å². The first kappa shape index (κ1) is 20.6. The quantitative estimate of drug-likeness (QED) is 0.787. The largest absolute Gasteiger partial charge is 0.490 e. The lowest BCUT2D eigenvalue weighted by molar-refractivity contribution is -0.124. The Kier molecular flexibility index (Phi) is 8.93. The minimum atomic E-state index is -0.0692. The monoisotopic (exact) mass is 356 g/mol. The summed E-state index contributed by atoms with van der Waals surface area (Å²) in [5.41, 5.74) is 1.01. The molecule has 1 heterocycles. The minimum absolute atomic E-state index is 0. The average Bonchev–Trinajstić information content (AvgIpc) is 2.57. The van der Waals surface area contributed by atoms with Gasteiger partial charge >= 0.3 is 0 Å². The van der Waals surface area contributed by atoms with Crippen molar-refractivity contribution in [1.29, 1.82) is 0 Å². The maximum atomic E-state index is 12.3. The van der Waals surface area contributed by atoms with Crippen molar-refractivity contribution in [3.8, 4) is 11.5 Å². The SMILES string of the molecule is CCOc1ccc(C(C)NC(=O)C2CCCCN2)cc1OCC.Cl. The van der Waals surface area contributed by atoms with Gasteiger partial charge in [0.15, 0.2) is 11.5 Å². The van der Waals surface area contributed by atoms with Gasteiger partial charge in [-0.1, -0.05) is 12.5 Å². The average molecular weight is 357 g/mol. The van der Waals surface area contributed by atoms with Gasteiger partial charge in [0.25, 0.3) is 0 Å². The molecule has 1 amide bonds. The zero-order valence-corrected chi connectivity index (χ0v) is 15.6. The number of nitrogens with one attached hydrogen (secondary N) is 2. The van der Waals surface area contributed by atoms with Crippen molar-refractivity contribution in [2.45, 2.75) is 52.1 Å². The second-order valence-electron chi connectivity index (χ2n) is 5.80. The predicted octanol–water partition coefficient (Wildman–Crippen LogP) is 3.23. The van der Waals surface area contributed by atoms with Crippen LogP contribution in [0.4, 0.5) is 0 Å². The molecule has 0 aromatic heterocycles. The molecule has 1 saturated heterocycles. The third-order valence-electron chi connectivity index (χ3n) is 4.05. The Balaban J connectivity index is 0.00000288. The molecule has 0 saturated carbocycles. The van der Waals surface area contributed by atoms with E-state index < -0.39 is 0 Å². The number of rotatable bonds is 7. The molecule has 0 spiro atoms. The Bertz CT molecular complexity index is 519.